The number of ether oxygens (including phenoxy) is 2. The van der Waals surface area contributed by atoms with E-state index in [0.717, 1.165) is 30.5 Å². The molecule has 1 saturated heterocycles. The van der Waals surface area contributed by atoms with E-state index < -0.39 is 11.7 Å². The van der Waals surface area contributed by atoms with Crippen LogP contribution >= 0.6 is 0 Å². The fourth-order valence-corrected chi connectivity index (χ4v) is 3.70. The molecule has 3 N–H and O–H groups in total. The largest absolute Gasteiger partial charge is 0.444 e. The van der Waals surface area contributed by atoms with Crippen molar-refractivity contribution in [2.75, 3.05) is 18.0 Å². The molecular weight excluding hydrogens is 358 g/mol. The molecule has 156 valence electrons. The zero-order valence-electron chi connectivity index (χ0n) is 17.6. The Morgan fingerprint density at radius 3 is 2.79 bits per heavy atom. The molecule has 1 aromatic heterocycles. The molecule has 3 rings (SSSR count). The summed E-state index contributed by atoms with van der Waals surface area (Å²) in [6.45, 7) is 10.7. The zero-order chi connectivity index (χ0) is 20.5. The number of alkyl carbamates (subject to hydrolysis) is 1. The topological polar surface area (TPSA) is 103 Å². The number of amides is 1. The second-order valence-corrected chi connectivity index (χ2v) is 9.03. The summed E-state index contributed by atoms with van der Waals surface area (Å²) in [6, 6.07) is 0.00488. The lowest BCUT2D eigenvalue weighted by atomic mass is 9.94. The van der Waals surface area contributed by atoms with Gasteiger partial charge in [-0.2, -0.15) is 0 Å². The number of anilines is 1. The van der Waals surface area contributed by atoms with E-state index >= 15 is 0 Å². The molecule has 0 bridgehead atoms. The molecule has 0 aromatic carbocycles. The number of carbonyl (C=O) groups excluding carboxylic acids is 1. The number of aromatic nitrogens is 2. The van der Waals surface area contributed by atoms with Crippen molar-refractivity contribution in [2.45, 2.75) is 83.8 Å². The molecule has 28 heavy (non-hydrogen) atoms. The van der Waals surface area contributed by atoms with Crippen molar-refractivity contribution in [1.82, 2.24) is 15.3 Å². The second-order valence-electron chi connectivity index (χ2n) is 9.03. The van der Waals surface area contributed by atoms with E-state index in [2.05, 4.69) is 15.2 Å². The van der Waals surface area contributed by atoms with Crippen LogP contribution in [0.1, 0.15) is 52.3 Å². The normalized spacial score (nSPS) is 25.0. The number of hydrogen-bond donors (Lipinski definition) is 2. The van der Waals surface area contributed by atoms with Crippen LogP contribution < -0.4 is 16.0 Å². The van der Waals surface area contributed by atoms with Crippen molar-refractivity contribution in [3.05, 3.63) is 17.5 Å². The molecule has 1 amide bonds. The maximum absolute atomic E-state index is 12.3. The highest BCUT2D eigenvalue weighted by Gasteiger charge is 2.37. The maximum atomic E-state index is 12.3. The molecular formula is C20H33N5O3. The Hall–Kier alpha value is -1.93. The van der Waals surface area contributed by atoms with Crippen molar-refractivity contribution in [2.24, 2.45) is 5.73 Å². The van der Waals surface area contributed by atoms with Crippen molar-refractivity contribution < 1.29 is 14.3 Å². The summed E-state index contributed by atoms with van der Waals surface area (Å²) in [5.41, 5.74) is 7.72. The predicted octanol–water partition coefficient (Wildman–Crippen LogP) is 1.80. The summed E-state index contributed by atoms with van der Waals surface area (Å²) in [5, 5.41) is 2.96. The fourth-order valence-electron chi connectivity index (χ4n) is 3.70. The van der Waals surface area contributed by atoms with Gasteiger partial charge in [0.05, 0.1) is 18.2 Å². The van der Waals surface area contributed by atoms with Crippen LogP contribution in [0.3, 0.4) is 0 Å². The number of fused-ring (bicyclic) bond motifs is 1. The first-order valence-corrected chi connectivity index (χ1v) is 10.1. The third kappa shape index (κ3) is 5.32. The van der Waals surface area contributed by atoms with Crippen LogP contribution in [-0.4, -0.2) is 59.0 Å². The smallest absolute Gasteiger partial charge is 0.408 e. The van der Waals surface area contributed by atoms with Gasteiger partial charge in [0, 0.05) is 31.0 Å². The van der Waals surface area contributed by atoms with Crippen molar-refractivity contribution >= 4 is 12.0 Å². The van der Waals surface area contributed by atoms with Gasteiger partial charge in [0.25, 0.3) is 0 Å². The first-order valence-electron chi connectivity index (χ1n) is 10.1. The van der Waals surface area contributed by atoms with Gasteiger partial charge in [-0.1, -0.05) is 0 Å². The Morgan fingerprint density at radius 2 is 2.11 bits per heavy atom. The number of rotatable bonds is 4. The van der Waals surface area contributed by atoms with Gasteiger partial charge in [0.1, 0.15) is 5.60 Å². The van der Waals surface area contributed by atoms with Crippen LogP contribution in [0.4, 0.5) is 10.7 Å². The number of carbonyl (C=O) groups is 1. The molecule has 0 saturated carbocycles. The highest BCUT2D eigenvalue weighted by molar-refractivity contribution is 5.68. The van der Waals surface area contributed by atoms with Crippen molar-refractivity contribution in [1.29, 1.82) is 0 Å². The van der Waals surface area contributed by atoms with Gasteiger partial charge in [-0.3, -0.25) is 0 Å². The summed E-state index contributed by atoms with van der Waals surface area (Å²) in [6.07, 6.45) is 4.02. The van der Waals surface area contributed by atoms with Gasteiger partial charge in [-0.05, 0) is 59.4 Å². The number of nitrogens with zero attached hydrogens (tertiary/aromatic N) is 3. The first-order chi connectivity index (χ1) is 13.1. The SMILES string of the molecule is CC(C)OC1CN(c2ncc3c(n2)CCC(N)C3)CC1NC(=O)OC(C)(C)C. The van der Waals surface area contributed by atoms with Gasteiger partial charge in [-0.15, -0.1) is 0 Å². The summed E-state index contributed by atoms with van der Waals surface area (Å²) < 4.78 is 11.5. The Balaban J connectivity index is 1.72. The molecule has 3 atom stereocenters. The number of hydrogen-bond acceptors (Lipinski definition) is 7. The van der Waals surface area contributed by atoms with E-state index in [1.807, 2.05) is 40.8 Å². The average molecular weight is 392 g/mol. The maximum Gasteiger partial charge on any atom is 0.408 e. The third-order valence-electron chi connectivity index (χ3n) is 4.87. The number of nitrogens with one attached hydrogen (secondary N) is 1. The molecule has 8 nitrogen and oxygen atoms in total. The molecule has 2 aliphatic rings. The monoisotopic (exact) mass is 391 g/mol. The second kappa shape index (κ2) is 8.21. The minimum atomic E-state index is -0.542. The minimum Gasteiger partial charge on any atom is -0.444 e. The summed E-state index contributed by atoms with van der Waals surface area (Å²) in [4.78, 5) is 23.7. The fraction of sp³-hybridized carbons (Fsp3) is 0.750. The predicted molar refractivity (Wildman–Crippen MR) is 107 cm³/mol. The summed E-state index contributed by atoms with van der Waals surface area (Å²) in [5.74, 6) is 0.681. The van der Waals surface area contributed by atoms with E-state index in [4.69, 9.17) is 20.2 Å². The van der Waals surface area contributed by atoms with E-state index in [0.29, 0.717) is 19.0 Å². The highest BCUT2D eigenvalue weighted by Crippen LogP contribution is 2.24. The van der Waals surface area contributed by atoms with E-state index in [1.54, 1.807) is 0 Å². The highest BCUT2D eigenvalue weighted by atomic mass is 16.6. The minimum absolute atomic E-state index is 0.0545. The molecule has 1 aliphatic heterocycles. The third-order valence-corrected chi connectivity index (χ3v) is 4.87. The van der Waals surface area contributed by atoms with E-state index in [1.165, 1.54) is 0 Å². The number of aryl methyl sites for hydroxylation is 1. The van der Waals surface area contributed by atoms with E-state index in [-0.39, 0.29) is 24.3 Å². The quantitative estimate of drug-likeness (QED) is 0.807. The zero-order valence-corrected chi connectivity index (χ0v) is 17.6. The lowest BCUT2D eigenvalue weighted by Crippen LogP contribution is -2.46. The molecule has 3 unspecified atom stereocenters. The van der Waals surface area contributed by atoms with Crippen molar-refractivity contribution in [3.8, 4) is 0 Å². The van der Waals surface area contributed by atoms with Crippen LogP contribution in [0, 0.1) is 0 Å². The van der Waals surface area contributed by atoms with Gasteiger partial charge in [-0.25, -0.2) is 14.8 Å². The lowest BCUT2D eigenvalue weighted by Gasteiger charge is -2.25. The standard InChI is InChI=1S/C20H33N5O3/c1-12(2)27-17-11-25(10-16(17)24-19(26)28-20(3,4)5)18-22-9-13-8-14(21)6-7-15(13)23-18/h9,12,14,16-17H,6-8,10-11,21H2,1-5H3,(H,24,26). The Labute approximate surface area is 167 Å². The lowest BCUT2D eigenvalue weighted by molar-refractivity contribution is 0.000666. The van der Waals surface area contributed by atoms with Crippen LogP contribution in [-0.2, 0) is 22.3 Å². The van der Waals surface area contributed by atoms with Gasteiger partial charge < -0.3 is 25.4 Å². The molecule has 1 fully saturated rings. The Kier molecular flexibility index (Phi) is 6.09. The summed E-state index contributed by atoms with van der Waals surface area (Å²) >= 11 is 0. The average Bonchev–Trinajstić information content (AvgIpc) is 2.94. The molecule has 1 aliphatic carbocycles. The summed E-state index contributed by atoms with van der Waals surface area (Å²) in [7, 11) is 0. The molecule has 0 spiro atoms. The number of nitrogens with two attached hydrogens (primary N) is 1. The van der Waals surface area contributed by atoms with Crippen LogP contribution in [0.5, 0.6) is 0 Å². The van der Waals surface area contributed by atoms with Crippen LogP contribution in [0.2, 0.25) is 0 Å². The molecule has 1 aromatic rings. The van der Waals surface area contributed by atoms with Gasteiger partial charge in [0.2, 0.25) is 5.95 Å². The van der Waals surface area contributed by atoms with E-state index in [9.17, 15) is 4.79 Å². The Bertz CT molecular complexity index is 704. The van der Waals surface area contributed by atoms with Gasteiger partial charge >= 0.3 is 6.09 Å². The Morgan fingerprint density at radius 1 is 1.36 bits per heavy atom. The first kappa shape index (κ1) is 20.8. The van der Waals surface area contributed by atoms with Crippen LogP contribution in [0.25, 0.3) is 0 Å². The molecule has 2 heterocycles. The molecule has 8 heteroatoms. The van der Waals surface area contributed by atoms with Crippen LogP contribution in [0.15, 0.2) is 6.20 Å². The van der Waals surface area contributed by atoms with Gasteiger partial charge in [0.15, 0.2) is 0 Å². The molecule has 0 radical (unpaired) electrons. The van der Waals surface area contributed by atoms with Crippen molar-refractivity contribution in [3.63, 3.8) is 0 Å².